The van der Waals surface area contributed by atoms with Gasteiger partial charge in [-0.3, -0.25) is 4.79 Å². The van der Waals surface area contributed by atoms with Crippen molar-refractivity contribution in [3.05, 3.63) is 35.9 Å². The van der Waals surface area contributed by atoms with E-state index in [1.807, 2.05) is 6.07 Å². The lowest BCUT2D eigenvalue weighted by Gasteiger charge is -2.55. The van der Waals surface area contributed by atoms with Gasteiger partial charge in [-0.15, -0.1) is 0 Å². The van der Waals surface area contributed by atoms with Gasteiger partial charge in [0.25, 0.3) is 0 Å². The largest absolute Gasteiger partial charge is 0.377 e. The summed E-state index contributed by atoms with van der Waals surface area (Å²) >= 11 is 0. The van der Waals surface area contributed by atoms with Gasteiger partial charge in [-0.05, 0) is 31.2 Å². The van der Waals surface area contributed by atoms with E-state index in [9.17, 15) is 4.79 Å². The van der Waals surface area contributed by atoms with Crippen molar-refractivity contribution < 1.29 is 9.53 Å². The van der Waals surface area contributed by atoms with Gasteiger partial charge in [-0.2, -0.15) is 0 Å². The van der Waals surface area contributed by atoms with E-state index in [2.05, 4.69) is 48.3 Å². The molecule has 1 aliphatic carbocycles. The normalized spacial score (nSPS) is 33.4. The minimum absolute atomic E-state index is 0.00236. The van der Waals surface area contributed by atoms with E-state index in [0.717, 1.165) is 45.4 Å². The second kappa shape index (κ2) is 6.73. The quantitative estimate of drug-likeness (QED) is 0.864. The fourth-order valence-corrected chi connectivity index (χ4v) is 5.11. The number of amides is 1. The average molecular weight is 342 g/mol. The third-order valence-corrected chi connectivity index (χ3v) is 6.51. The van der Waals surface area contributed by atoms with Crippen LogP contribution in [0, 0.1) is 11.3 Å². The summed E-state index contributed by atoms with van der Waals surface area (Å²) in [4.78, 5) is 14.8. The molecule has 0 radical (unpaired) electrons. The smallest absolute Gasteiger partial charge is 0.239 e. The summed E-state index contributed by atoms with van der Waals surface area (Å²) in [6.07, 6.45) is 4.53. The van der Waals surface area contributed by atoms with Crippen LogP contribution in [0.1, 0.15) is 38.7 Å². The Labute approximate surface area is 150 Å². The number of hydrogen-bond acceptors (Lipinski definition) is 3. The highest BCUT2D eigenvalue weighted by Gasteiger charge is 2.60. The molecule has 25 heavy (non-hydrogen) atoms. The number of carbonyl (C=O) groups is 1. The van der Waals surface area contributed by atoms with Crippen LogP contribution in [0.15, 0.2) is 30.3 Å². The topological polar surface area (TPSA) is 41.6 Å². The number of carbonyl (C=O) groups excluding carboxylic acids is 1. The van der Waals surface area contributed by atoms with Crippen molar-refractivity contribution in [3.8, 4) is 0 Å². The molecule has 0 aromatic heterocycles. The standard InChI is InChI=1S/C21H30N2O2/c1-21(2)18(16-11-14-25-19(16)21)22-17-10-13-23(20(17)24)12-6-9-15-7-4-3-5-8-15/h3-5,7-8,16-19,22H,6,9-14H2,1-2H3/t16-,17+,18+,19-/m0/s1. The maximum absolute atomic E-state index is 12.8. The van der Waals surface area contributed by atoms with Gasteiger partial charge in [0.05, 0.1) is 12.1 Å². The Morgan fingerprint density at radius 1 is 1.24 bits per heavy atom. The molecule has 4 heteroatoms. The van der Waals surface area contributed by atoms with Crippen LogP contribution in [-0.4, -0.2) is 48.7 Å². The van der Waals surface area contributed by atoms with E-state index < -0.39 is 0 Å². The van der Waals surface area contributed by atoms with Gasteiger partial charge in [0.15, 0.2) is 0 Å². The lowest BCUT2D eigenvalue weighted by atomic mass is 9.57. The van der Waals surface area contributed by atoms with E-state index >= 15 is 0 Å². The number of benzene rings is 1. The van der Waals surface area contributed by atoms with Gasteiger partial charge in [-0.1, -0.05) is 44.2 Å². The number of nitrogens with one attached hydrogen (secondary N) is 1. The maximum atomic E-state index is 12.8. The average Bonchev–Trinajstić information content (AvgIpc) is 3.20. The van der Waals surface area contributed by atoms with Crippen molar-refractivity contribution in [1.82, 2.24) is 10.2 Å². The van der Waals surface area contributed by atoms with Gasteiger partial charge >= 0.3 is 0 Å². The first-order chi connectivity index (χ1) is 12.1. The summed E-state index contributed by atoms with van der Waals surface area (Å²) in [6.45, 7) is 7.18. The van der Waals surface area contributed by atoms with Gasteiger partial charge in [-0.25, -0.2) is 0 Å². The Morgan fingerprint density at radius 2 is 2.04 bits per heavy atom. The van der Waals surface area contributed by atoms with Crippen LogP contribution in [0.4, 0.5) is 0 Å². The predicted octanol–water partition coefficient (Wildman–Crippen LogP) is 2.62. The first kappa shape index (κ1) is 17.0. The van der Waals surface area contributed by atoms with E-state index in [1.54, 1.807) is 0 Å². The molecule has 0 bridgehead atoms. The van der Waals surface area contributed by atoms with E-state index in [0.29, 0.717) is 24.0 Å². The molecular weight excluding hydrogens is 312 g/mol. The molecule has 2 saturated heterocycles. The van der Waals surface area contributed by atoms with Gasteiger partial charge < -0.3 is 15.0 Å². The Balaban J connectivity index is 1.27. The van der Waals surface area contributed by atoms with Crippen molar-refractivity contribution in [2.75, 3.05) is 19.7 Å². The van der Waals surface area contributed by atoms with Crippen LogP contribution in [0.25, 0.3) is 0 Å². The van der Waals surface area contributed by atoms with Crippen molar-refractivity contribution in [3.63, 3.8) is 0 Å². The molecule has 2 aliphatic heterocycles. The summed E-state index contributed by atoms with van der Waals surface area (Å²) in [6, 6.07) is 10.9. The summed E-state index contributed by atoms with van der Waals surface area (Å²) < 4.78 is 5.87. The summed E-state index contributed by atoms with van der Waals surface area (Å²) in [5.74, 6) is 0.890. The second-order valence-corrected chi connectivity index (χ2v) is 8.47. The highest BCUT2D eigenvalue weighted by atomic mass is 16.5. The molecule has 3 aliphatic rings. The van der Waals surface area contributed by atoms with Crippen LogP contribution >= 0.6 is 0 Å². The summed E-state index contributed by atoms with van der Waals surface area (Å²) in [5, 5.41) is 3.69. The van der Waals surface area contributed by atoms with Crippen LogP contribution in [0.2, 0.25) is 0 Å². The zero-order valence-electron chi connectivity index (χ0n) is 15.4. The van der Waals surface area contributed by atoms with Crippen molar-refractivity contribution >= 4 is 5.91 Å². The number of fused-ring (bicyclic) bond motifs is 1. The van der Waals surface area contributed by atoms with E-state index in [4.69, 9.17) is 4.74 Å². The Kier molecular flexibility index (Phi) is 4.59. The molecular formula is C21H30N2O2. The molecule has 1 N–H and O–H groups in total. The van der Waals surface area contributed by atoms with E-state index in [1.165, 1.54) is 5.56 Å². The molecule has 3 fully saturated rings. The summed E-state index contributed by atoms with van der Waals surface area (Å²) in [7, 11) is 0. The number of hydrogen-bond donors (Lipinski definition) is 1. The van der Waals surface area contributed by atoms with Crippen molar-refractivity contribution in [2.24, 2.45) is 11.3 Å². The first-order valence-electron chi connectivity index (χ1n) is 9.78. The third kappa shape index (κ3) is 3.11. The molecule has 4 rings (SSSR count). The Hall–Kier alpha value is -1.39. The highest BCUT2D eigenvalue weighted by Crippen LogP contribution is 2.52. The Morgan fingerprint density at radius 3 is 2.84 bits per heavy atom. The molecule has 0 spiro atoms. The monoisotopic (exact) mass is 342 g/mol. The Bertz CT molecular complexity index is 616. The first-order valence-corrected chi connectivity index (χ1v) is 9.78. The number of nitrogens with zero attached hydrogens (tertiary/aromatic N) is 1. The lowest BCUT2D eigenvalue weighted by molar-refractivity contribution is -0.135. The van der Waals surface area contributed by atoms with Gasteiger partial charge in [0.2, 0.25) is 5.91 Å². The molecule has 136 valence electrons. The summed E-state index contributed by atoms with van der Waals surface area (Å²) in [5.41, 5.74) is 1.50. The molecule has 1 amide bonds. The minimum Gasteiger partial charge on any atom is -0.377 e. The SMILES string of the molecule is CC1(C)[C@H](N[C@@H]2CCN(CCCc3ccccc3)C2=O)[C@@H]2CCO[C@@H]21. The molecule has 2 heterocycles. The highest BCUT2D eigenvalue weighted by molar-refractivity contribution is 5.84. The number of aryl methyl sites for hydroxylation is 1. The van der Waals surface area contributed by atoms with Crippen LogP contribution in [0.3, 0.4) is 0 Å². The molecule has 1 aromatic carbocycles. The van der Waals surface area contributed by atoms with Crippen LogP contribution in [0.5, 0.6) is 0 Å². The van der Waals surface area contributed by atoms with E-state index in [-0.39, 0.29) is 11.5 Å². The number of ether oxygens (including phenoxy) is 1. The maximum Gasteiger partial charge on any atom is 0.239 e. The lowest BCUT2D eigenvalue weighted by Crippen LogP contribution is -2.68. The molecule has 0 unspecified atom stereocenters. The van der Waals surface area contributed by atoms with Crippen molar-refractivity contribution in [1.29, 1.82) is 0 Å². The van der Waals surface area contributed by atoms with Crippen LogP contribution < -0.4 is 5.32 Å². The number of rotatable bonds is 6. The predicted molar refractivity (Wildman–Crippen MR) is 98.3 cm³/mol. The second-order valence-electron chi connectivity index (χ2n) is 8.47. The zero-order valence-corrected chi connectivity index (χ0v) is 15.4. The zero-order chi connectivity index (χ0) is 17.4. The minimum atomic E-state index is 0.00236. The molecule has 4 atom stereocenters. The fourth-order valence-electron chi connectivity index (χ4n) is 5.11. The van der Waals surface area contributed by atoms with Gasteiger partial charge in [0, 0.05) is 37.1 Å². The third-order valence-electron chi connectivity index (χ3n) is 6.51. The molecule has 4 nitrogen and oxygen atoms in total. The molecule has 1 saturated carbocycles. The van der Waals surface area contributed by atoms with Gasteiger partial charge in [0.1, 0.15) is 0 Å². The number of likely N-dealkylation sites (tertiary alicyclic amines) is 1. The van der Waals surface area contributed by atoms with Crippen LogP contribution in [-0.2, 0) is 16.0 Å². The van der Waals surface area contributed by atoms with Crippen molar-refractivity contribution in [2.45, 2.75) is 57.7 Å². The molecule has 1 aromatic rings. The fraction of sp³-hybridized carbons (Fsp3) is 0.667.